The summed E-state index contributed by atoms with van der Waals surface area (Å²) < 4.78 is 14.1. The zero-order valence-corrected chi connectivity index (χ0v) is 20.6. The Hall–Kier alpha value is -3.00. The summed E-state index contributed by atoms with van der Waals surface area (Å²) in [6.07, 6.45) is 1.50. The third-order valence-corrected chi connectivity index (χ3v) is 8.61. The van der Waals surface area contributed by atoms with Gasteiger partial charge in [0.25, 0.3) is 0 Å². The van der Waals surface area contributed by atoms with Gasteiger partial charge in [0.2, 0.25) is 11.8 Å². The van der Waals surface area contributed by atoms with E-state index in [4.69, 9.17) is 5.11 Å². The van der Waals surface area contributed by atoms with E-state index in [0.717, 1.165) is 11.1 Å². The second-order valence-electron chi connectivity index (χ2n) is 8.80. The monoisotopic (exact) mass is 501 g/mol. The van der Waals surface area contributed by atoms with E-state index in [1.165, 1.54) is 4.90 Å². The molecule has 4 N–H and O–H groups in total. The average Bonchev–Trinajstić information content (AvgIpc) is 3.32. The second kappa shape index (κ2) is 12.1. The molecule has 1 heterocycles. The highest BCUT2D eigenvalue weighted by Crippen LogP contribution is 2.49. The Bertz CT molecular complexity index is 1020. The van der Waals surface area contributed by atoms with Crippen LogP contribution in [0.1, 0.15) is 30.9 Å². The van der Waals surface area contributed by atoms with Gasteiger partial charge in [0.15, 0.2) is 7.29 Å². The first-order valence-corrected chi connectivity index (χ1v) is 13.7. The molecule has 2 amide bonds. The van der Waals surface area contributed by atoms with Crippen LogP contribution in [0.2, 0.25) is 0 Å². The molecule has 1 aliphatic heterocycles. The predicted molar refractivity (Wildman–Crippen MR) is 132 cm³/mol. The number of aliphatic hydroxyl groups is 1. The van der Waals surface area contributed by atoms with E-state index < -0.39 is 43.9 Å². The molecule has 0 spiro atoms. The van der Waals surface area contributed by atoms with Crippen molar-refractivity contribution in [1.29, 1.82) is 0 Å². The maximum Gasteiger partial charge on any atom is 0.328 e. The van der Waals surface area contributed by atoms with Crippen LogP contribution < -0.4 is 10.4 Å². The molecule has 2 aromatic rings. The van der Waals surface area contributed by atoms with Gasteiger partial charge in [-0.3, -0.25) is 14.7 Å². The fourth-order valence-corrected chi connectivity index (χ4v) is 7.03. The van der Waals surface area contributed by atoms with E-state index in [1.54, 1.807) is 6.92 Å². The van der Waals surface area contributed by atoms with E-state index in [2.05, 4.69) is 10.4 Å². The van der Waals surface area contributed by atoms with Crippen LogP contribution >= 0.6 is 7.29 Å². The van der Waals surface area contributed by atoms with Crippen molar-refractivity contribution in [3.63, 3.8) is 0 Å². The Kier molecular flexibility index (Phi) is 9.20. The molecule has 0 aromatic heterocycles. The van der Waals surface area contributed by atoms with Crippen LogP contribution in [-0.2, 0) is 31.3 Å². The smallest absolute Gasteiger partial charge is 0.328 e. The molecular weight excluding hydrogens is 469 g/mol. The van der Waals surface area contributed by atoms with Gasteiger partial charge in [0.05, 0.1) is 12.6 Å². The average molecular weight is 502 g/mol. The predicted octanol–water partition coefficient (Wildman–Crippen LogP) is 2.20. The minimum atomic E-state index is -3.11. The van der Waals surface area contributed by atoms with Crippen molar-refractivity contribution >= 4 is 25.1 Å². The van der Waals surface area contributed by atoms with Crippen LogP contribution in [0.5, 0.6) is 0 Å². The number of rotatable bonds is 11. The first-order valence-electron chi connectivity index (χ1n) is 11.6. The second-order valence-corrected chi connectivity index (χ2v) is 11.5. The zero-order valence-electron chi connectivity index (χ0n) is 19.7. The molecule has 3 atom stereocenters. The fraction of sp³-hybridized carbons (Fsp3) is 0.400. The molecular formula is C25H32N3O6P. The summed E-state index contributed by atoms with van der Waals surface area (Å²) in [6, 6.07) is 15.7. The van der Waals surface area contributed by atoms with Crippen LogP contribution in [0.3, 0.4) is 0 Å². The van der Waals surface area contributed by atoms with Gasteiger partial charge in [-0.15, -0.1) is 0 Å². The molecule has 1 aliphatic rings. The number of likely N-dealkylation sites (tertiary alicyclic amines) is 1. The molecule has 0 saturated carbocycles. The lowest BCUT2D eigenvalue weighted by atomic mass is 10.1. The fourth-order valence-electron chi connectivity index (χ4n) is 4.32. The van der Waals surface area contributed by atoms with Crippen LogP contribution in [0.25, 0.3) is 0 Å². The number of aliphatic carboxylic acids is 1. The number of carboxylic acids is 1. The SMILES string of the molecule is C[C@H](NP(=O)(Cc1ccccc1)Cc1ccccc1)C(=O)N1CCC[C@H]1C(=O)N[C@@H](CO)C(=O)O. The number of nitrogens with one attached hydrogen (secondary N) is 2. The van der Waals surface area contributed by atoms with E-state index in [1.807, 2.05) is 60.7 Å². The first kappa shape index (κ1) is 26.6. The normalized spacial score (nSPS) is 17.5. The minimum absolute atomic E-state index is 0.265. The lowest BCUT2D eigenvalue weighted by Crippen LogP contribution is -2.54. The van der Waals surface area contributed by atoms with Crippen molar-refractivity contribution < 1.29 is 29.2 Å². The van der Waals surface area contributed by atoms with Gasteiger partial charge < -0.3 is 25.0 Å². The Morgan fingerprint density at radius 2 is 1.57 bits per heavy atom. The van der Waals surface area contributed by atoms with Gasteiger partial charge in [-0.25, -0.2) is 4.79 Å². The molecule has 35 heavy (non-hydrogen) atoms. The molecule has 1 fully saturated rings. The maximum atomic E-state index is 14.1. The Morgan fingerprint density at radius 3 is 2.06 bits per heavy atom. The van der Waals surface area contributed by atoms with Crippen molar-refractivity contribution in [1.82, 2.24) is 15.3 Å². The van der Waals surface area contributed by atoms with Crippen molar-refractivity contribution in [3.8, 4) is 0 Å². The summed E-state index contributed by atoms with van der Waals surface area (Å²) in [5.74, 6) is -2.35. The van der Waals surface area contributed by atoms with Crippen molar-refractivity contribution in [2.75, 3.05) is 13.2 Å². The highest BCUT2D eigenvalue weighted by atomic mass is 31.2. The topological polar surface area (TPSA) is 136 Å². The number of aliphatic hydroxyl groups excluding tert-OH is 1. The summed E-state index contributed by atoms with van der Waals surface area (Å²) in [5.41, 5.74) is 1.78. The lowest BCUT2D eigenvalue weighted by Gasteiger charge is -2.30. The molecule has 2 aromatic carbocycles. The number of benzene rings is 2. The molecule has 1 saturated heterocycles. The Labute approximate surface area is 205 Å². The largest absolute Gasteiger partial charge is 0.480 e. The number of nitrogens with zero attached hydrogens (tertiary/aromatic N) is 1. The number of carboxylic acid groups (broad SMARTS) is 1. The van der Waals surface area contributed by atoms with E-state index in [0.29, 0.717) is 19.4 Å². The van der Waals surface area contributed by atoms with Gasteiger partial charge in [0.1, 0.15) is 12.1 Å². The number of carbonyl (C=O) groups is 3. The molecule has 0 unspecified atom stereocenters. The standard InChI is InChI=1S/C25H32N3O6P/c1-18(24(31)28-14-8-13-22(28)23(30)26-21(15-29)25(32)33)27-35(34,16-19-9-4-2-5-10-19)17-20-11-6-3-7-12-20/h2-7,9-12,18,21-22,29H,8,13-17H2,1H3,(H,26,30)(H,27,34)(H,32,33)/t18-,21-,22-/m0/s1. The summed E-state index contributed by atoms with van der Waals surface area (Å²) >= 11 is 0. The van der Waals surface area contributed by atoms with E-state index in [9.17, 15) is 24.1 Å². The molecule has 0 radical (unpaired) electrons. The minimum Gasteiger partial charge on any atom is -0.480 e. The molecule has 3 rings (SSSR count). The van der Waals surface area contributed by atoms with Gasteiger partial charge >= 0.3 is 5.97 Å². The Balaban J connectivity index is 1.75. The summed E-state index contributed by atoms with van der Waals surface area (Å²) in [5, 5.41) is 23.7. The third kappa shape index (κ3) is 7.24. The zero-order chi connectivity index (χ0) is 25.4. The maximum absolute atomic E-state index is 14.1. The number of amides is 2. The molecule has 9 nitrogen and oxygen atoms in total. The van der Waals surface area contributed by atoms with Crippen LogP contribution in [-0.4, -0.2) is 64.2 Å². The molecule has 0 aliphatic carbocycles. The van der Waals surface area contributed by atoms with Gasteiger partial charge in [-0.1, -0.05) is 60.7 Å². The van der Waals surface area contributed by atoms with E-state index >= 15 is 0 Å². The lowest BCUT2D eigenvalue weighted by molar-refractivity contribution is -0.145. The number of hydrogen-bond acceptors (Lipinski definition) is 5. The van der Waals surface area contributed by atoms with Crippen molar-refractivity contribution in [2.24, 2.45) is 0 Å². The van der Waals surface area contributed by atoms with Crippen molar-refractivity contribution in [2.45, 2.75) is 50.2 Å². The molecule has 0 bridgehead atoms. The number of carbonyl (C=O) groups excluding carboxylic acids is 2. The van der Waals surface area contributed by atoms with Gasteiger partial charge in [0, 0.05) is 18.9 Å². The first-order chi connectivity index (χ1) is 16.7. The van der Waals surface area contributed by atoms with Gasteiger partial charge in [-0.05, 0) is 30.9 Å². The third-order valence-electron chi connectivity index (χ3n) is 6.00. The molecule has 10 heteroatoms. The van der Waals surface area contributed by atoms with Crippen molar-refractivity contribution in [3.05, 3.63) is 71.8 Å². The summed E-state index contributed by atoms with van der Waals surface area (Å²) in [6.45, 7) is 1.22. The number of hydrogen-bond donors (Lipinski definition) is 4. The molecule has 188 valence electrons. The summed E-state index contributed by atoms with van der Waals surface area (Å²) in [7, 11) is -3.11. The van der Waals surface area contributed by atoms with E-state index in [-0.39, 0.29) is 18.2 Å². The highest BCUT2D eigenvalue weighted by Gasteiger charge is 2.38. The quantitative estimate of drug-likeness (QED) is 0.347. The summed E-state index contributed by atoms with van der Waals surface area (Å²) in [4.78, 5) is 38.6. The highest BCUT2D eigenvalue weighted by molar-refractivity contribution is 7.60. The Morgan fingerprint density at radius 1 is 1.03 bits per heavy atom. The van der Waals surface area contributed by atoms with Crippen LogP contribution in [0.15, 0.2) is 60.7 Å². The van der Waals surface area contributed by atoms with Crippen LogP contribution in [0.4, 0.5) is 0 Å². The van der Waals surface area contributed by atoms with Crippen LogP contribution in [0, 0.1) is 0 Å². The van der Waals surface area contributed by atoms with Gasteiger partial charge in [-0.2, -0.15) is 0 Å².